The summed E-state index contributed by atoms with van der Waals surface area (Å²) in [5.41, 5.74) is 1.97. The molecule has 2 aromatic carbocycles. The zero-order chi connectivity index (χ0) is 21.9. The van der Waals surface area contributed by atoms with Crippen LogP contribution < -0.4 is 9.47 Å². The third-order valence-electron chi connectivity index (χ3n) is 5.38. The summed E-state index contributed by atoms with van der Waals surface area (Å²) in [5, 5.41) is 9.10. The van der Waals surface area contributed by atoms with E-state index in [9.17, 15) is 4.79 Å². The van der Waals surface area contributed by atoms with Crippen LogP contribution in [0.25, 0.3) is 11.5 Å². The Balaban J connectivity index is 1.08. The first-order chi connectivity index (χ1) is 15.6. The van der Waals surface area contributed by atoms with E-state index in [2.05, 4.69) is 21.2 Å². The zero-order valence-electron chi connectivity index (χ0n) is 17.2. The Morgan fingerprint density at radius 1 is 1.00 bits per heavy atom. The van der Waals surface area contributed by atoms with Crippen molar-refractivity contribution in [3.8, 4) is 23.0 Å². The predicted molar refractivity (Wildman–Crippen MR) is 120 cm³/mol. The van der Waals surface area contributed by atoms with Crippen LogP contribution in [-0.2, 0) is 11.3 Å². The maximum absolute atomic E-state index is 12.6. The number of halogens is 1. The molecule has 1 saturated heterocycles. The lowest BCUT2D eigenvalue weighted by Crippen LogP contribution is -2.48. The molecule has 0 bridgehead atoms. The lowest BCUT2D eigenvalue weighted by Gasteiger charge is -2.34. The zero-order valence-corrected chi connectivity index (χ0v) is 18.8. The third kappa shape index (κ3) is 4.85. The van der Waals surface area contributed by atoms with Crippen molar-refractivity contribution in [2.24, 2.45) is 0 Å². The number of amides is 1. The van der Waals surface area contributed by atoms with E-state index in [1.165, 1.54) is 17.3 Å². The minimum atomic E-state index is 0.0731. The number of piperazine rings is 1. The first-order valence-corrected chi connectivity index (χ1v) is 11.6. The van der Waals surface area contributed by atoms with Gasteiger partial charge in [-0.2, -0.15) is 0 Å². The molecule has 5 rings (SSSR count). The molecule has 0 radical (unpaired) electrons. The number of carbonyl (C=O) groups excluding carboxylic acids is 1. The molecule has 0 unspecified atom stereocenters. The molecule has 1 amide bonds. The molecule has 8 nitrogen and oxygen atoms in total. The van der Waals surface area contributed by atoms with Gasteiger partial charge in [0.25, 0.3) is 5.22 Å². The fourth-order valence-electron chi connectivity index (χ4n) is 3.64. The Hall–Kier alpha value is -2.75. The highest BCUT2D eigenvalue weighted by molar-refractivity contribution is 7.99. The van der Waals surface area contributed by atoms with Gasteiger partial charge in [0.15, 0.2) is 11.5 Å². The number of hydrogen-bond acceptors (Lipinski definition) is 8. The van der Waals surface area contributed by atoms with Crippen molar-refractivity contribution in [3.63, 3.8) is 0 Å². The summed E-state index contributed by atoms with van der Waals surface area (Å²) in [6.45, 7) is 4.15. The number of rotatable bonds is 6. The highest BCUT2D eigenvalue weighted by atomic mass is 35.5. The van der Waals surface area contributed by atoms with Crippen LogP contribution in [0.3, 0.4) is 0 Å². The number of ether oxygens (including phenoxy) is 2. The Kier molecular flexibility index (Phi) is 6.20. The van der Waals surface area contributed by atoms with Crippen LogP contribution in [0.2, 0.25) is 5.02 Å². The first-order valence-electron chi connectivity index (χ1n) is 10.2. The quantitative estimate of drug-likeness (QED) is 0.504. The molecule has 1 aromatic heterocycles. The second-order valence-corrected chi connectivity index (χ2v) is 8.88. The number of aromatic nitrogens is 2. The SMILES string of the molecule is O=C(CSc1nnc(-c2ccc(Cl)cc2)o1)N1CCN(Cc2ccc3c(c2)OCO3)CC1. The monoisotopic (exact) mass is 472 g/mol. The van der Waals surface area contributed by atoms with Crippen molar-refractivity contribution >= 4 is 29.3 Å². The number of hydrogen-bond donors (Lipinski definition) is 0. The van der Waals surface area contributed by atoms with E-state index in [0.29, 0.717) is 29.2 Å². The van der Waals surface area contributed by atoms with E-state index in [4.69, 9.17) is 25.5 Å². The smallest absolute Gasteiger partial charge is 0.277 e. The molecular formula is C22H21ClN4O4S. The summed E-state index contributed by atoms with van der Waals surface area (Å²) in [4.78, 5) is 16.9. The summed E-state index contributed by atoms with van der Waals surface area (Å²) in [5.74, 6) is 2.35. The molecule has 32 heavy (non-hydrogen) atoms. The summed E-state index contributed by atoms with van der Waals surface area (Å²) < 4.78 is 16.5. The number of carbonyl (C=O) groups is 1. The van der Waals surface area contributed by atoms with E-state index >= 15 is 0 Å². The molecule has 10 heteroatoms. The van der Waals surface area contributed by atoms with Gasteiger partial charge in [0.2, 0.25) is 18.6 Å². The fraction of sp³-hybridized carbons (Fsp3) is 0.318. The average molecular weight is 473 g/mol. The van der Waals surface area contributed by atoms with Crippen LogP contribution in [0.15, 0.2) is 52.1 Å². The Bertz CT molecular complexity index is 1100. The molecule has 166 valence electrons. The van der Waals surface area contributed by atoms with Crippen molar-refractivity contribution < 1.29 is 18.7 Å². The molecule has 0 N–H and O–H groups in total. The summed E-state index contributed by atoms with van der Waals surface area (Å²) in [6, 6.07) is 13.2. The molecule has 2 aliphatic rings. The van der Waals surface area contributed by atoms with E-state index in [0.717, 1.165) is 36.7 Å². The predicted octanol–water partition coefficient (Wildman–Crippen LogP) is 3.56. The van der Waals surface area contributed by atoms with Crippen molar-refractivity contribution in [1.82, 2.24) is 20.0 Å². The lowest BCUT2D eigenvalue weighted by molar-refractivity contribution is -0.130. The Labute approximate surface area is 194 Å². The van der Waals surface area contributed by atoms with Gasteiger partial charge in [0, 0.05) is 43.3 Å². The van der Waals surface area contributed by atoms with Gasteiger partial charge in [-0.25, -0.2) is 0 Å². The maximum atomic E-state index is 12.6. The van der Waals surface area contributed by atoms with Crippen molar-refractivity contribution in [2.45, 2.75) is 11.8 Å². The highest BCUT2D eigenvalue weighted by Crippen LogP contribution is 2.33. The van der Waals surface area contributed by atoms with Crippen molar-refractivity contribution in [1.29, 1.82) is 0 Å². The van der Waals surface area contributed by atoms with Crippen molar-refractivity contribution in [3.05, 3.63) is 53.1 Å². The third-order valence-corrected chi connectivity index (χ3v) is 6.44. The van der Waals surface area contributed by atoms with Crippen LogP contribution in [0.1, 0.15) is 5.56 Å². The molecule has 0 spiro atoms. The molecule has 2 aliphatic heterocycles. The average Bonchev–Trinajstić information content (AvgIpc) is 3.48. The number of nitrogens with zero attached hydrogens (tertiary/aromatic N) is 4. The largest absolute Gasteiger partial charge is 0.454 e. The van der Waals surface area contributed by atoms with Crippen LogP contribution in [0.4, 0.5) is 0 Å². The van der Waals surface area contributed by atoms with Crippen molar-refractivity contribution in [2.75, 3.05) is 38.7 Å². The summed E-state index contributed by atoms with van der Waals surface area (Å²) >= 11 is 7.17. The summed E-state index contributed by atoms with van der Waals surface area (Å²) in [6.07, 6.45) is 0. The maximum Gasteiger partial charge on any atom is 0.277 e. The van der Waals surface area contributed by atoms with Crippen LogP contribution in [0, 0.1) is 0 Å². The van der Waals surface area contributed by atoms with Crippen LogP contribution in [0.5, 0.6) is 11.5 Å². The van der Waals surface area contributed by atoms with Crippen LogP contribution >= 0.6 is 23.4 Å². The lowest BCUT2D eigenvalue weighted by atomic mass is 10.1. The van der Waals surface area contributed by atoms with Gasteiger partial charge in [-0.3, -0.25) is 9.69 Å². The molecule has 3 aromatic rings. The number of thioether (sulfide) groups is 1. The molecule has 0 saturated carbocycles. The van der Waals surface area contributed by atoms with Gasteiger partial charge < -0.3 is 18.8 Å². The minimum absolute atomic E-state index is 0.0731. The number of fused-ring (bicyclic) bond motifs is 1. The molecular weight excluding hydrogens is 452 g/mol. The van der Waals surface area contributed by atoms with Gasteiger partial charge in [-0.15, -0.1) is 10.2 Å². The topological polar surface area (TPSA) is 80.9 Å². The van der Waals surface area contributed by atoms with Gasteiger partial charge in [-0.1, -0.05) is 29.4 Å². The first kappa shape index (κ1) is 21.1. The van der Waals surface area contributed by atoms with Gasteiger partial charge in [0.1, 0.15) is 0 Å². The molecule has 1 fully saturated rings. The molecule has 3 heterocycles. The second kappa shape index (κ2) is 9.40. The van der Waals surface area contributed by atoms with E-state index in [1.807, 2.05) is 29.2 Å². The van der Waals surface area contributed by atoms with Gasteiger partial charge >= 0.3 is 0 Å². The van der Waals surface area contributed by atoms with Crippen LogP contribution in [-0.4, -0.2) is 64.6 Å². The van der Waals surface area contributed by atoms with E-state index < -0.39 is 0 Å². The number of benzene rings is 2. The Morgan fingerprint density at radius 3 is 2.59 bits per heavy atom. The normalized spacial score (nSPS) is 15.8. The van der Waals surface area contributed by atoms with Gasteiger partial charge in [-0.05, 0) is 42.0 Å². The fourth-order valence-corrected chi connectivity index (χ4v) is 4.44. The van der Waals surface area contributed by atoms with E-state index in [-0.39, 0.29) is 18.5 Å². The van der Waals surface area contributed by atoms with E-state index in [1.54, 1.807) is 12.1 Å². The minimum Gasteiger partial charge on any atom is -0.454 e. The highest BCUT2D eigenvalue weighted by Gasteiger charge is 2.23. The van der Waals surface area contributed by atoms with Gasteiger partial charge in [0.05, 0.1) is 5.75 Å². The molecule has 0 atom stereocenters. The standard InChI is InChI=1S/C22H21ClN4O4S/c23-17-4-2-16(3-5-17)21-24-25-22(31-21)32-13-20(28)27-9-7-26(8-10-27)12-15-1-6-18-19(11-15)30-14-29-18/h1-6,11H,7-10,12-14H2. The molecule has 0 aliphatic carbocycles. The second-order valence-electron chi connectivity index (χ2n) is 7.51. The Morgan fingerprint density at radius 2 is 1.78 bits per heavy atom. The summed E-state index contributed by atoms with van der Waals surface area (Å²) in [7, 11) is 0.